The maximum atomic E-state index is 14.5. The minimum absolute atomic E-state index is 0.0346. The molecule has 2 heterocycles. The summed E-state index contributed by atoms with van der Waals surface area (Å²) < 4.78 is 52.6. The van der Waals surface area contributed by atoms with Crippen LogP contribution in [0, 0.1) is 10.8 Å². The van der Waals surface area contributed by atoms with E-state index in [1.165, 1.54) is 0 Å². The molecule has 10 rings (SSSR count). The lowest BCUT2D eigenvalue weighted by Crippen LogP contribution is -2.71. The summed E-state index contributed by atoms with van der Waals surface area (Å²) in [5.41, 5.74) is -0.905. The number of hydrogen-bond acceptors (Lipinski definition) is 7. The Morgan fingerprint density at radius 1 is 1.02 bits per heavy atom. The average molecular weight is 568 g/mol. The summed E-state index contributed by atoms with van der Waals surface area (Å²) in [7, 11) is 0. The fourth-order valence-electron chi connectivity index (χ4n) is 7.90. The standard InChI is InChI=1S/C30H32F3N5O3/c1-26(31,32)23-34-22(37-40-23)19-3-2-4-20(13-19)38(25(39)29-14-30(33,15-29)16-29)17-27-7-10-28(11-8-27,12-9-27)24-35-21(36-41-24)18-5-6-18/h2-4,13,18H,5-12,14-17H2,1H3. The van der Waals surface area contributed by atoms with Crippen LogP contribution in [0.2, 0.25) is 0 Å². The van der Waals surface area contributed by atoms with E-state index in [4.69, 9.17) is 14.0 Å². The molecule has 4 bridgehead atoms. The summed E-state index contributed by atoms with van der Waals surface area (Å²) >= 11 is 0. The third kappa shape index (κ3) is 3.97. The van der Waals surface area contributed by atoms with Gasteiger partial charge in [-0.3, -0.25) is 4.79 Å². The second-order valence-electron chi connectivity index (χ2n) is 13.7. The first-order valence-corrected chi connectivity index (χ1v) is 14.7. The summed E-state index contributed by atoms with van der Waals surface area (Å²) in [6, 6.07) is 7.07. The minimum Gasteiger partial charge on any atom is -0.339 e. The molecule has 216 valence electrons. The van der Waals surface area contributed by atoms with Gasteiger partial charge in [-0.25, -0.2) is 4.39 Å². The Hall–Kier alpha value is -3.24. The molecule has 41 heavy (non-hydrogen) atoms. The van der Waals surface area contributed by atoms with Gasteiger partial charge >= 0.3 is 5.92 Å². The highest BCUT2D eigenvalue weighted by molar-refractivity contribution is 6.00. The molecule has 0 atom stereocenters. The molecule has 2 aromatic heterocycles. The number of carbonyl (C=O) groups is 1. The molecule has 0 aliphatic heterocycles. The molecule has 3 aromatic rings. The summed E-state index contributed by atoms with van der Waals surface area (Å²) in [6.07, 6.45) is 8.63. The zero-order chi connectivity index (χ0) is 28.3. The Morgan fingerprint density at radius 2 is 1.73 bits per heavy atom. The second-order valence-corrected chi connectivity index (χ2v) is 13.7. The summed E-state index contributed by atoms with van der Waals surface area (Å²) in [5.74, 6) is -1.97. The van der Waals surface area contributed by atoms with Crippen molar-refractivity contribution < 1.29 is 27.0 Å². The molecule has 7 fully saturated rings. The molecule has 1 amide bonds. The van der Waals surface area contributed by atoms with Crippen molar-refractivity contribution in [2.75, 3.05) is 11.4 Å². The summed E-state index contributed by atoms with van der Waals surface area (Å²) in [4.78, 5) is 24.6. The van der Waals surface area contributed by atoms with Crippen LogP contribution in [0.15, 0.2) is 33.3 Å². The van der Waals surface area contributed by atoms with Crippen molar-refractivity contribution in [3.63, 3.8) is 0 Å². The van der Waals surface area contributed by atoms with Gasteiger partial charge in [-0.05, 0) is 88.2 Å². The number of hydrogen-bond donors (Lipinski definition) is 0. The first-order valence-electron chi connectivity index (χ1n) is 14.7. The molecule has 7 aliphatic rings. The third-order valence-corrected chi connectivity index (χ3v) is 10.6. The number of anilines is 1. The SMILES string of the molecule is CC(F)(F)c1nc(-c2cccc(N(CC34CCC(c5nc(C6CC6)no5)(CC3)CC4)C(=O)C34CC(F)(C3)C4)c2)no1. The largest absolute Gasteiger partial charge is 0.339 e. The van der Waals surface area contributed by atoms with Crippen LogP contribution in [0.25, 0.3) is 11.4 Å². The second kappa shape index (κ2) is 8.19. The summed E-state index contributed by atoms with van der Waals surface area (Å²) in [5, 5.41) is 8.02. The fraction of sp³-hybridized carbons (Fsp3) is 0.633. The van der Waals surface area contributed by atoms with E-state index in [0.29, 0.717) is 30.6 Å². The number of fused-ring (bicyclic) bond motifs is 3. The van der Waals surface area contributed by atoms with Gasteiger partial charge in [0.2, 0.25) is 17.6 Å². The number of benzene rings is 1. The van der Waals surface area contributed by atoms with Crippen molar-refractivity contribution in [1.29, 1.82) is 0 Å². The van der Waals surface area contributed by atoms with E-state index in [9.17, 15) is 18.0 Å². The highest BCUT2D eigenvalue weighted by atomic mass is 19.3. The van der Waals surface area contributed by atoms with Crippen LogP contribution in [-0.2, 0) is 16.1 Å². The predicted molar refractivity (Wildman–Crippen MR) is 140 cm³/mol. The topological polar surface area (TPSA) is 98.2 Å². The molecule has 0 saturated heterocycles. The van der Waals surface area contributed by atoms with E-state index >= 15 is 0 Å². The number of rotatable bonds is 8. The van der Waals surface area contributed by atoms with Gasteiger partial charge in [0.1, 0.15) is 5.67 Å². The molecular weight excluding hydrogens is 535 g/mol. The fourth-order valence-corrected chi connectivity index (χ4v) is 7.90. The van der Waals surface area contributed by atoms with E-state index in [0.717, 1.165) is 63.1 Å². The molecular formula is C30H32F3N5O3. The Balaban J connectivity index is 1.07. The van der Waals surface area contributed by atoms with Crippen molar-refractivity contribution in [1.82, 2.24) is 20.3 Å². The van der Waals surface area contributed by atoms with E-state index in [2.05, 4.69) is 15.3 Å². The van der Waals surface area contributed by atoms with Gasteiger partial charge in [-0.1, -0.05) is 22.4 Å². The number of alkyl halides is 3. The maximum absolute atomic E-state index is 14.5. The Kier molecular flexibility index (Phi) is 5.09. The van der Waals surface area contributed by atoms with Crippen LogP contribution in [0.3, 0.4) is 0 Å². The van der Waals surface area contributed by atoms with Crippen LogP contribution in [0.4, 0.5) is 18.9 Å². The molecule has 0 N–H and O–H groups in total. The minimum atomic E-state index is -3.26. The predicted octanol–water partition coefficient (Wildman–Crippen LogP) is 6.63. The number of aromatic nitrogens is 4. The number of nitrogens with zero attached hydrogens (tertiary/aromatic N) is 5. The van der Waals surface area contributed by atoms with Crippen LogP contribution in [0.1, 0.15) is 101 Å². The first kappa shape index (κ1) is 25.5. The van der Waals surface area contributed by atoms with Gasteiger partial charge in [-0.2, -0.15) is 18.7 Å². The van der Waals surface area contributed by atoms with E-state index in [1.807, 2.05) is 11.0 Å². The van der Waals surface area contributed by atoms with Crippen LogP contribution < -0.4 is 4.90 Å². The van der Waals surface area contributed by atoms with Crippen LogP contribution in [-0.4, -0.2) is 38.4 Å². The van der Waals surface area contributed by atoms with Gasteiger partial charge in [-0.15, -0.1) is 0 Å². The molecule has 0 spiro atoms. The lowest BCUT2D eigenvalue weighted by Gasteiger charge is -2.65. The molecule has 0 radical (unpaired) electrons. The van der Waals surface area contributed by atoms with Gasteiger partial charge in [0.15, 0.2) is 5.82 Å². The Labute approximate surface area is 235 Å². The van der Waals surface area contributed by atoms with Crippen LogP contribution in [0.5, 0.6) is 0 Å². The van der Waals surface area contributed by atoms with Crippen molar-refractivity contribution in [2.24, 2.45) is 10.8 Å². The molecule has 7 saturated carbocycles. The van der Waals surface area contributed by atoms with E-state index in [1.54, 1.807) is 18.2 Å². The lowest BCUT2D eigenvalue weighted by atomic mass is 9.41. The quantitative estimate of drug-likeness (QED) is 0.301. The van der Waals surface area contributed by atoms with Crippen molar-refractivity contribution in [3.8, 4) is 11.4 Å². The molecule has 7 aliphatic carbocycles. The number of halogens is 3. The maximum Gasteiger partial charge on any atom is 0.322 e. The Morgan fingerprint density at radius 3 is 2.34 bits per heavy atom. The van der Waals surface area contributed by atoms with Gasteiger partial charge in [0.05, 0.1) is 5.41 Å². The van der Waals surface area contributed by atoms with Gasteiger partial charge in [0.25, 0.3) is 5.89 Å². The lowest BCUT2D eigenvalue weighted by molar-refractivity contribution is -0.211. The van der Waals surface area contributed by atoms with E-state index in [-0.39, 0.29) is 41.8 Å². The average Bonchev–Trinajstić information content (AvgIpc) is 3.43. The smallest absolute Gasteiger partial charge is 0.322 e. The third-order valence-electron chi connectivity index (χ3n) is 10.6. The van der Waals surface area contributed by atoms with Gasteiger partial charge < -0.3 is 13.9 Å². The van der Waals surface area contributed by atoms with Gasteiger partial charge in [0, 0.05) is 36.1 Å². The zero-order valence-electron chi connectivity index (χ0n) is 23.0. The normalized spacial score (nSPS) is 33.8. The molecule has 8 nitrogen and oxygen atoms in total. The zero-order valence-corrected chi connectivity index (χ0v) is 23.0. The highest BCUT2D eigenvalue weighted by Crippen LogP contribution is 2.70. The van der Waals surface area contributed by atoms with Crippen molar-refractivity contribution in [2.45, 2.75) is 100 Å². The molecule has 1 aromatic carbocycles. The molecule has 0 unspecified atom stereocenters. The summed E-state index contributed by atoms with van der Waals surface area (Å²) in [6.45, 7) is 1.23. The van der Waals surface area contributed by atoms with E-state index < -0.39 is 22.9 Å². The van der Waals surface area contributed by atoms with Crippen LogP contribution >= 0.6 is 0 Å². The first-order chi connectivity index (χ1) is 19.5. The number of amides is 1. The number of carbonyl (C=O) groups excluding carboxylic acids is 1. The van der Waals surface area contributed by atoms with Crippen molar-refractivity contribution in [3.05, 3.63) is 41.9 Å². The highest BCUT2D eigenvalue weighted by Gasteiger charge is 2.73. The molecule has 11 heteroatoms. The monoisotopic (exact) mass is 567 g/mol. The Bertz CT molecular complexity index is 1500. The van der Waals surface area contributed by atoms with Crippen molar-refractivity contribution >= 4 is 11.6 Å².